The first-order valence-corrected chi connectivity index (χ1v) is 24.8. The van der Waals surface area contributed by atoms with E-state index in [1.54, 1.807) is 0 Å². The van der Waals surface area contributed by atoms with E-state index in [4.69, 9.17) is 4.99 Å². The second-order valence-corrected chi connectivity index (χ2v) is 18.8. The van der Waals surface area contributed by atoms with E-state index in [-0.39, 0.29) is 12.2 Å². The smallest absolute Gasteiger partial charge is 0.145 e. The lowest BCUT2D eigenvalue weighted by Crippen LogP contribution is -2.25. The molecule has 3 aliphatic rings. The third-order valence-corrected chi connectivity index (χ3v) is 14.6. The van der Waals surface area contributed by atoms with Crippen LogP contribution in [0.25, 0.3) is 66.9 Å². The predicted molar refractivity (Wildman–Crippen MR) is 298 cm³/mol. The number of para-hydroxylation sites is 4. The SMILES string of the molecule is C1=C(c2ccc(-c3ccccc3)cc2)NC(c2cccc(-n3c4c(c5ccccc53)-c3ccccc3N(c3cccc(C5Nc6ccccc6-c6ccccc65)c3)c3ccccc3-4)c2)N=C1c1ccccc1. The molecule has 0 spiro atoms. The molecular formula is C67H47N5. The van der Waals surface area contributed by atoms with E-state index in [1.165, 1.54) is 49.9 Å². The van der Waals surface area contributed by atoms with Gasteiger partial charge in [0.25, 0.3) is 0 Å². The molecule has 2 atom stereocenters. The van der Waals surface area contributed by atoms with E-state index >= 15 is 0 Å². The Labute approximate surface area is 419 Å². The number of aliphatic imine (C=N–C) groups is 1. The van der Waals surface area contributed by atoms with Crippen molar-refractivity contribution in [3.63, 3.8) is 0 Å². The number of hydrogen-bond acceptors (Lipinski definition) is 4. The highest BCUT2D eigenvalue weighted by Crippen LogP contribution is 2.55. The van der Waals surface area contributed by atoms with Gasteiger partial charge in [-0.2, -0.15) is 0 Å². The summed E-state index contributed by atoms with van der Waals surface area (Å²) >= 11 is 0. The molecule has 11 aromatic rings. The van der Waals surface area contributed by atoms with Crippen molar-refractivity contribution >= 4 is 45.1 Å². The average Bonchev–Trinajstić information content (AvgIpc) is 3.74. The van der Waals surface area contributed by atoms with Gasteiger partial charge < -0.3 is 20.1 Å². The molecular weight excluding hydrogens is 875 g/mol. The molecule has 3 aliphatic heterocycles. The molecule has 0 aliphatic carbocycles. The highest BCUT2D eigenvalue weighted by Gasteiger charge is 2.33. The van der Waals surface area contributed by atoms with Crippen LogP contribution in [0.4, 0.5) is 22.7 Å². The van der Waals surface area contributed by atoms with E-state index in [0.717, 1.165) is 73.3 Å². The Morgan fingerprint density at radius 3 is 1.79 bits per heavy atom. The molecule has 5 heteroatoms. The van der Waals surface area contributed by atoms with Crippen LogP contribution in [-0.2, 0) is 0 Å². The van der Waals surface area contributed by atoms with E-state index < -0.39 is 0 Å². The maximum Gasteiger partial charge on any atom is 0.145 e. The average molecular weight is 922 g/mol. The zero-order valence-corrected chi connectivity index (χ0v) is 39.3. The van der Waals surface area contributed by atoms with Gasteiger partial charge in [-0.3, -0.25) is 4.99 Å². The van der Waals surface area contributed by atoms with Gasteiger partial charge in [-0.25, -0.2) is 0 Å². The van der Waals surface area contributed by atoms with Gasteiger partial charge in [0.1, 0.15) is 6.17 Å². The number of aromatic nitrogens is 1. The zero-order valence-electron chi connectivity index (χ0n) is 39.3. The number of rotatable bonds is 7. The number of hydrogen-bond donors (Lipinski definition) is 2. The first-order valence-electron chi connectivity index (χ1n) is 24.8. The zero-order chi connectivity index (χ0) is 47.5. The maximum absolute atomic E-state index is 5.43. The van der Waals surface area contributed by atoms with E-state index in [1.807, 2.05) is 0 Å². The Morgan fingerprint density at radius 2 is 0.986 bits per heavy atom. The third-order valence-electron chi connectivity index (χ3n) is 14.6. The van der Waals surface area contributed by atoms with E-state index in [0.29, 0.717) is 0 Å². The Morgan fingerprint density at radius 1 is 0.403 bits per heavy atom. The van der Waals surface area contributed by atoms with Gasteiger partial charge in [-0.15, -0.1) is 0 Å². The molecule has 340 valence electrons. The fraction of sp³-hybridized carbons (Fsp3) is 0.0299. The quantitative estimate of drug-likeness (QED) is 0.167. The molecule has 72 heavy (non-hydrogen) atoms. The first kappa shape index (κ1) is 41.5. The minimum atomic E-state index is -0.343. The number of benzene rings is 10. The molecule has 0 bridgehead atoms. The lowest BCUT2D eigenvalue weighted by atomic mass is 9.86. The van der Waals surface area contributed by atoms with Crippen molar-refractivity contribution in [3.05, 3.63) is 289 Å². The molecule has 0 saturated heterocycles. The van der Waals surface area contributed by atoms with Crippen molar-refractivity contribution in [1.29, 1.82) is 0 Å². The van der Waals surface area contributed by atoms with Crippen molar-refractivity contribution in [2.24, 2.45) is 4.99 Å². The van der Waals surface area contributed by atoms with Gasteiger partial charge in [0.15, 0.2) is 0 Å². The highest BCUT2D eigenvalue weighted by molar-refractivity contribution is 6.14. The molecule has 2 unspecified atom stereocenters. The van der Waals surface area contributed by atoms with Crippen LogP contribution < -0.4 is 15.5 Å². The summed E-state index contributed by atoms with van der Waals surface area (Å²) in [6.45, 7) is 0. The lowest BCUT2D eigenvalue weighted by Gasteiger charge is -2.32. The van der Waals surface area contributed by atoms with Gasteiger partial charge >= 0.3 is 0 Å². The Kier molecular flexibility index (Phi) is 9.92. The van der Waals surface area contributed by atoms with Crippen molar-refractivity contribution in [1.82, 2.24) is 9.88 Å². The van der Waals surface area contributed by atoms with Crippen molar-refractivity contribution in [2.45, 2.75) is 12.2 Å². The summed E-state index contributed by atoms with van der Waals surface area (Å²) in [7, 11) is 0. The molecule has 0 amide bonds. The lowest BCUT2D eigenvalue weighted by molar-refractivity contribution is 0.663. The summed E-state index contributed by atoms with van der Waals surface area (Å²) in [5.41, 5.74) is 24.0. The molecule has 0 radical (unpaired) electrons. The molecule has 4 heterocycles. The van der Waals surface area contributed by atoms with Crippen LogP contribution in [0, 0.1) is 0 Å². The molecule has 14 rings (SSSR count). The van der Waals surface area contributed by atoms with Crippen LogP contribution in [0.3, 0.4) is 0 Å². The van der Waals surface area contributed by atoms with E-state index in [2.05, 4.69) is 281 Å². The Balaban J connectivity index is 0.901. The van der Waals surface area contributed by atoms with Crippen LogP contribution in [-0.4, -0.2) is 10.3 Å². The minimum absolute atomic E-state index is 0.0233. The van der Waals surface area contributed by atoms with Gasteiger partial charge in [0.2, 0.25) is 0 Å². The maximum atomic E-state index is 5.43. The van der Waals surface area contributed by atoms with Gasteiger partial charge in [-0.05, 0) is 99.1 Å². The first-order chi connectivity index (χ1) is 35.7. The minimum Gasteiger partial charge on any atom is -0.374 e. The molecule has 10 aromatic carbocycles. The van der Waals surface area contributed by atoms with Gasteiger partial charge in [0.05, 0.1) is 34.3 Å². The van der Waals surface area contributed by atoms with Crippen LogP contribution in [0.5, 0.6) is 0 Å². The molecule has 1 aromatic heterocycles. The number of allylic oxidation sites excluding steroid dienone is 1. The van der Waals surface area contributed by atoms with Crippen molar-refractivity contribution < 1.29 is 0 Å². The number of fused-ring (bicyclic) bond motifs is 10. The number of nitrogens with one attached hydrogen (secondary N) is 2. The monoisotopic (exact) mass is 921 g/mol. The largest absolute Gasteiger partial charge is 0.374 e. The normalized spacial score (nSPS) is 15.3. The summed E-state index contributed by atoms with van der Waals surface area (Å²) in [6, 6.07) is 92.1. The standard InChI is InChI=1S/C67H47N5/c1-3-19-44(20-4-1)45-37-39-47(40-38-45)60-43-59(46-21-5-2-6-22-46)69-67(70-60)49-24-18-26-51(42-49)72-62-35-15-11-31-56(62)64-55-30-10-14-34-61(55)71(63-36-16-12-32-57(63)66(64)72)50-25-17-23-48(41-50)65-54-29-8-7-27-52(54)53-28-9-13-33-58(53)68-65/h1-43,65,67-68,70H. The highest BCUT2D eigenvalue weighted by atomic mass is 15.2. The molecule has 0 saturated carbocycles. The predicted octanol–water partition coefficient (Wildman–Crippen LogP) is 16.7. The van der Waals surface area contributed by atoms with Gasteiger partial charge in [0, 0.05) is 50.4 Å². The van der Waals surface area contributed by atoms with Gasteiger partial charge in [-0.1, -0.05) is 206 Å². The summed E-state index contributed by atoms with van der Waals surface area (Å²) < 4.78 is 2.48. The van der Waals surface area contributed by atoms with Crippen molar-refractivity contribution in [2.75, 3.05) is 10.2 Å². The second-order valence-electron chi connectivity index (χ2n) is 18.8. The summed E-state index contributed by atoms with van der Waals surface area (Å²) in [5, 5.41) is 8.99. The van der Waals surface area contributed by atoms with Crippen LogP contribution in [0.1, 0.15) is 40.0 Å². The Bertz CT molecular complexity index is 3940. The van der Waals surface area contributed by atoms with Crippen molar-refractivity contribution in [3.8, 4) is 50.3 Å². The van der Waals surface area contributed by atoms with Crippen LogP contribution in [0.2, 0.25) is 0 Å². The summed E-state index contributed by atoms with van der Waals surface area (Å²) in [5.74, 6) is 0. The Hall–Kier alpha value is -9.45. The van der Waals surface area contributed by atoms with Crippen LogP contribution in [0.15, 0.2) is 266 Å². The topological polar surface area (TPSA) is 44.6 Å². The fourth-order valence-electron chi connectivity index (χ4n) is 11.3. The third kappa shape index (κ3) is 6.97. The molecule has 5 nitrogen and oxygen atoms in total. The number of nitrogens with zero attached hydrogens (tertiary/aromatic N) is 3. The molecule has 0 fully saturated rings. The summed E-state index contributed by atoms with van der Waals surface area (Å²) in [6.07, 6.45) is 1.84. The summed E-state index contributed by atoms with van der Waals surface area (Å²) in [4.78, 5) is 7.90. The second kappa shape index (κ2) is 17.2. The molecule has 2 N–H and O–H groups in total. The van der Waals surface area contributed by atoms with Crippen LogP contribution >= 0.6 is 0 Å². The van der Waals surface area contributed by atoms with E-state index in [9.17, 15) is 0 Å². The fourth-order valence-corrected chi connectivity index (χ4v) is 11.3. The number of anilines is 4.